The summed E-state index contributed by atoms with van der Waals surface area (Å²) in [6, 6.07) is 24.0. The van der Waals surface area contributed by atoms with Crippen LogP contribution in [0, 0.1) is 0 Å². The Kier molecular flexibility index (Phi) is 11.8. The van der Waals surface area contributed by atoms with Gasteiger partial charge in [0.1, 0.15) is 12.4 Å². The molecule has 0 aliphatic carbocycles. The van der Waals surface area contributed by atoms with E-state index in [1.54, 1.807) is 74.5 Å². The lowest BCUT2D eigenvalue weighted by Crippen LogP contribution is -2.57. The number of carbonyl (C=O) groups excluding carboxylic acids is 4. The Labute approximate surface area is 281 Å². The highest BCUT2D eigenvalue weighted by molar-refractivity contribution is 6.11. The average Bonchev–Trinajstić information content (AvgIpc) is 3.09. The molecule has 0 unspecified atom stereocenters. The number of halogens is 3. The van der Waals surface area contributed by atoms with E-state index in [1.165, 1.54) is 31.4 Å². The maximum atomic E-state index is 13.4. The summed E-state index contributed by atoms with van der Waals surface area (Å²) < 4.78 is 50.3. The van der Waals surface area contributed by atoms with Gasteiger partial charge < -0.3 is 25.4 Å². The summed E-state index contributed by atoms with van der Waals surface area (Å²) >= 11 is 0. The van der Waals surface area contributed by atoms with Crippen LogP contribution in [0.1, 0.15) is 40.9 Å². The molecule has 256 valence electrons. The Balaban J connectivity index is 1.51. The van der Waals surface area contributed by atoms with E-state index in [9.17, 15) is 32.3 Å². The highest BCUT2D eigenvalue weighted by atomic mass is 19.4. The quantitative estimate of drug-likeness (QED) is 0.119. The van der Waals surface area contributed by atoms with Gasteiger partial charge in [-0.05, 0) is 66.4 Å². The summed E-state index contributed by atoms with van der Waals surface area (Å²) in [6.07, 6.45) is -4.73. The van der Waals surface area contributed by atoms with Gasteiger partial charge in [-0.25, -0.2) is 0 Å². The topological polar surface area (TPSA) is 123 Å². The fourth-order valence-corrected chi connectivity index (χ4v) is 5.24. The number of methoxy groups -OCH3 is 1. The predicted molar refractivity (Wildman–Crippen MR) is 178 cm³/mol. The monoisotopic (exact) mass is 675 g/mol. The van der Waals surface area contributed by atoms with E-state index in [0.29, 0.717) is 22.3 Å². The van der Waals surface area contributed by atoms with Crippen molar-refractivity contribution < 1.29 is 41.8 Å². The normalized spacial score (nSPS) is 11.3. The van der Waals surface area contributed by atoms with Gasteiger partial charge in [0.05, 0.1) is 24.8 Å². The Bertz CT molecular complexity index is 1780. The predicted octanol–water partition coefficient (Wildman–Crippen LogP) is 5.93. The van der Waals surface area contributed by atoms with Crippen LogP contribution in [0.15, 0.2) is 97.1 Å². The molecule has 0 saturated heterocycles. The molecule has 0 saturated carbocycles. The standard InChI is InChI=1S/C37H36F3N3O6/c1-4-41-34(46)36(35(47)42-5-2,26-11-7-6-8-12-26)23-49-32(44)22-24-15-20-30(31(21-24)48-3)43-33(45)29-14-10-9-13-28(29)25-16-18-27(19-17-25)37(38,39)40/h6-21H,4-5,22-23H2,1-3H3,(H,41,46)(H,42,47)(H,43,45). The van der Waals surface area contributed by atoms with Crippen molar-refractivity contribution >= 4 is 29.4 Å². The molecule has 4 rings (SSSR count). The van der Waals surface area contributed by atoms with Crippen molar-refractivity contribution in [2.24, 2.45) is 0 Å². The third-order valence-corrected chi connectivity index (χ3v) is 7.72. The molecule has 3 amide bonds. The number of carbonyl (C=O) groups is 4. The third-order valence-electron chi connectivity index (χ3n) is 7.72. The van der Waals surface area contributed by atoms with Crippen LogP contribution in [0.5, 0.6) is 5.75 Å². The lowest BCUT2D eigenvalue weighted by Gasteiger charge is -2.31. The SMILES string of the molecule is CCNC(=O)C(COC(=O)Cc1ccc(NC(=O)c2ccccc2-c2ccc(C(F)(F)F)cc2)c(OC)c1)(C(=O)NCC)c1ccccc1. The molecular formula is C37H36F3N3O6. The van der Waals surface area contributed by atoms with Crippen molar-refractivity contribution in [3.8, 4) is 16.9 Å². The molecule has 0 heterocycles. The van der Waals surface area contributed by atoms with E-state index in [0.717, 1.165) is 12.1 Å². The van der Waals surface area contributed by atoms with Crippen LogP contribution in [-0.2, 0) is 37.1 Å². The molecule has 0 aliphatic heterocycles. The molecule has 0 radical (unpaired) electrons. The van der Waals surface area contributed by atoms with E-state index in [-0.39, 0.29) is 36.5 Å². The number of esters is 1. The van der Waals surface area contributed by atoms with Crippen LogP contribution in [0.25, 0.3) is 11.1 Å². The van der Waals surface area contributed by atoms with Gasteiger partial charge in [0.2, 0.25) is 11.8 Å². The molecule has 3 N–H and O–H groups in total. The minimum absolute atomic E-state index is 0.220. The molecule has 4 aromatic rings. The molecule has 0 aromatic heterocycles. The second-order valence-electron chi connectivity index (χ2n) is 10.9. The maximum absolute atomic E-state index is 13.4. The first-order valence-electron chi connectivity index (χ1n) is 15.5. The zero-order valence-electron chi connectivity index (χ0n) is 27.1. The van der Waals surface area contributed by atoms with Crippen molar-refractivity contribution in [2.75, 3.05) is 32.1 Å². The minimum Gasteiger partial charge on any atom is -0.495 e. The van der Waals surface area contributed by atoms with Crippen molar-refractivity contribution in [2.45, 2.75) is 31.9 Å². The van der Waals surface area contributed by atoms with Crippen molar-refractivity contribution in [1.82, 2.24) is 10.6 Å². The number of hydrogen-bond acceptors (Lipinski definition) is 6. The first-order valence-corrected chi connectivity index (χ1v) is 15.5. The van der Waals surface area contributed by atoms with E-state index in [2.05, 4.69) is 16.0 Å². The number of hydrogen-bond donors (Lipinski definition) is 3. The second kappa shape index (κ2) is 16.0. The van der Waals surface area contributed by atoms with Gasteiger partial charge >= 0.3 is 12.1 Å². The van der Waals surface area contributed by atoms with Crippen LogP contribution in [0.3, 0.4) is 0 Å². The van der Waals surface area contributed by atoms with E-state index < -0.39 is 47.5 Å². The number of amides is 3. The number of benzene rings is 4. The summed E-state index contributed by atoms with van der Waals surface area (Å²) in [6.45, 7) is 3.40. The highest BCUT2D eigenvalue weighted by Gasteiger charge is 2.48. The zero-order chi connectivity index (χ0) is 35.6. The minimum atomic E-state index is -4.49. The Morgan fingerprint density at radius 3 is 1.94 bits per heavy atom. The molecule has 0 atom stereocenters. The van der Waals surface area contributed by atoms with E-state index in [1.807, 2.05) is 0 Å². The molecule has 4 aromatic carbocycles. The summed E-state index contributed by atoms with van der Waals surface area (Å²) in [4.78, 5) is 53.2. The highest BCUT2D eigenvalue weighted by Crippen LogP contribution is 2.33. The number of anilines is 1. The number of alkyl halides is 3. The van der Waals surface area contributed by atoms with Gasteiger partial charge in [0.15, 0.2) is 5.41 Å². The van der Waals surface area contributed by atoms with E-state index >= 15 is 0 Å². The zero-order valence-corrected chi connectivity index (χ0v) is 27.1. The number of ether oxygens (including phenoxy) is 2. The van der Waals surface area contributed by atoms with Crippen LogP contribution in [0.4, 0.5) is 18.9 Å². The number of nitrogens with one attached hydrogen (secondary N) is 3. The summed E-state index contributed by atoms with van der Waals surface area (Å²) in [5.74, 6) is -2.23. The average molecular weight is 676 g/mol. The maximum Gasteiger partial charge on any atom is 0.416 e. The first-order chi connectivity index (χ1) is 23.4. The fourth-order valence-electron chi connectivity index (χ4n) is 5.24. The molecule has 0 fully saturated rings. The van der Waals surface area contributed by atoms with Gasteiger partial charge in [-0.15, -0.1) is 0 Å². The largest absolute Gasteiger partial charge is 0.495 e. The third kappa shape index (κ3) is 8.45. The first kappa shape index (κ1) is 36.2. The van der Waals surface area contributed by atoms with Crippen LogP contribution < -0.4 is 20.7 Å². The smallest absolute Gasteiger partial charge is 0.416 e. The van der Waals surface area contributed by atoms with Gasteiger partial charge in [-0.1, -0.05) is 66.7 Å². The van der Waals surface area contributed by atoms with Crippen molar-refractivity contribution in [1.29, 1.82) is 0 Å². The molecule has 0 spiro atoms. The Morgan fingerprint density at radius 1 is 0.735 bits per heavy atom. The van der Waals surface area contributed by atoms with Gasteiger partial charge in [0.25, 0.3) is 5.91 Å². The van der Waals surface area contributed by atoms with Crippen LogP contribution >= 0.6 is 0 Å². The molecule has 49 heavy (non-hydrogen) atoms. The van der Waals surface area contributed by atoms with Crippen LogP contribution in [0.2, 0.25) is 0 Å². The van der Waals surface area contributed by atoms with Gasteiger partial charge in [0, 0.05) is 18.7 Å². The van der Waals surface area contributed by atoms with Gasteiger partial charge in [-0.3, -0.25) is 19.2 Å². The summed E-state index contributed by atoms with van der Waals surface area (Å²) in [5, 5.41) is 8.13. The Morgan fingerprint density at radius 2 is 1.35 bits per heavy atom. The molecule has 9 nitrogen and oxygen atoms in total. The number of likely N-dealkylation sites (N-methyl/N-ethyl adjacent to an activating group) is 2. The summed E-state index contributed by atoms with van der Waals surface area (Å²) in [5.41, 5.74) is -0.445. The van der Waals surface area contributed by atoms with E-state index in [4.69, 9.17) is 9.47 Å². The Hall–Kier alpha value is -5.65. The number of rotatable bonds is 13. The lowest BCUT2D eigenvalue weighted by molar-refractivity contribution is -0.150. The fraction of sp³-hybridized carbons (Fsp3) is 0.243. The van der Waals surface area contributed by atoms with Crippen LogP contribution in [-0.4, -0.2) is 50.5 Å². The molecule has 12 heteroatoms. The van der Waals surface area contributed by atoms with Crippen molar-refractivity contribution in [3.05, 3.63) is 119 Å². The van der Waals surface area contributed by atoms with Gasteiger partial charge in [-0.2, -0.15) is 13.2 Å². The summed E-state index contributed by atoms with van der Waals surface area (Å²) in [7, 11) is 1.39. The second-order valence-corrected chi connectivity index (χ2v) is 10.9. The molecule has 0 aliphatic rings. The molecule has 0 bridgehead atoms. The lowest BCUT2D eigenvalue weighted by atomic mass is 9.79. The molecular weight excluding hydrogens is 639 g/mol. The van der Waals surface area contributed by atoms with Crippen molar-refractivity contribution in [3.63, 3.8) is 0 Å².